The lowest BCUT2D eigenvalue weighted by Gasteiger charge is -2.22. The van der Waals surface area contributed by atoms with E-state index in [0.29, 0.717) is 13.1 Å². The Morgan fingerprint density at radius 2 is 1.09 bits per heavy atom. The molecule has 0 saturated carbocycles. The van der Waals surface area contributed by atoms with E-state index in [1.807, 2.05) is 0 Å². The molecule has 128 valence electrons. The van der Waals surface area contributed by atoms with Crippen LogP contribution in [0.3, 0.4) is 0 Å². The Kier molecular flexibility index (Phi) is 8.90. The zero-order chi connectivity index (χ0) is 17.2. The number of unbranched alkanes of at least 4 members (excludes halogenated alkanes) is 2. The maximum absolute atomic E-state index is 12.1. The number of nitrogens with one attached hydrogen (secondary N) is 2. The van der Waals surface area contributed by atoms with Gasteiger partial charge in [0.15, 0.2) is 11.1 Å². The highest BCUT2D eigenvalue weighted by molar-refractivity contribution is 5.86. The number of amides is 2. The lowest BCUT2D eigenvalue weighted by molar-refractivity contribution is -0.127. The number of rotatable bonds is 10. The van der Waals surface area contributed by atoms with E-state index in [2.05, 4.69) is 34.7 Å². The summed E-state index contributed by atoms with van der Waals surface area (Å²) in [5, 5.41) is 13.9. The largest absolute Gasteiger partial charge is 0.354 e. The van der Waals surface area contributed by atoms with Crippen LogP contribution in [0.5, 0.6) is 0 Å². The van der Waals surface area contributed by atoms with Gasteiger partial charge in [0.25, 0.3) is 0 Å². The highest BCUT2D eigenvalue weighted by Gasteiger charge is 2.31. The molecule has 0 radical (unpaired) electrons. The van der Waals surface area contributed by atoms with Gasteiger partial charge in [-0.05, 0) is 40.5 Å². The van der Waals surface area contributed by atoms with Crippen LogP contribution in [0.4, 0.5) is 0 Å². The zero-order valence-electron chi connectivity index (χ0n) is 15.0. The zero-order valence-corrected chi connectivity index (χ0v) is 15.0. The van der Waals surface area contributed by atoms with Crippen molar-refractivity contribution in [1.29, 1.82) is 0 Å². The molecule has 0 spiro atoms. The molecule has 6 heteroatoms. The number of nitrogens with zero attached hydrogens (tertiary/aromatic N) is 2. The fraction of sp³-hybridized carbons (Fsp3) is 0.875. The van der Waals surface area contributed by atoms with Crippen LogP contribution in [-0.4, -0.2) is 36.0 Å². The highest BCUT2D eigenvalue weighted by atomic mass is 16.2. The first-order chi connectivity index (χ1) is 10.2. The van der Waals surface area contributed by atoms with Crippen LogP contribution < -0.4 is 10.6 Å². The van der Waals surface area contributed by atoms with Gasteiger partial charge in [-0.2, -0.15) is 10.2 Å². The Bertz CT molecular complexity index is 354. The molecule has 0 saturated heterocycles. The molecule has 0 aliphatic carbocycles. The minimum atomic E-state index is -0.977. The van der Waals surface area contributed by atoms with Crippen molar-refractivity contribution >= 4 is 11.8 Å². The second-order valence-corrected chi connectivity index (χ2v) is 6.54. The van der Waals surface area contributed by atoms with Crippen molar-refractivity contribution in [1.82, 2.24) is 10.6 Å². The summed E-state index contributed by atoms with van der Waals surface area (Å²) in [6.45, 7) is 12.2. The van der Waals surface area contributed by atoms with Crippen LogP contribution in [-0.2, 0) is 9.59 Å². The van der Waals surface area contributed by atoms with Gasteiger partial charge in [0, 0.05) is 13.1 Å². The lowest BCUT2D eigenvalue weighted by Crippen LogP contribution is -2.43. The van der Waals surface area contributed by atoms with E-state index in [1.165, 1.54) is 0 Å². The normalized spacial score (nSPS) is 12.5. The minimum absolute atomic E-state index is 0.174. The molecule has 0 rings (SSSR count). The van der Waals surface area contributed by atoms with Crippen molar-refractivity contribution in [2.75, 3.05) is 13.1 Å². The van der Waals surface area contributed by atoms with E-state index in [-0.39, 0.29) is 11.8 Å². The first-order valence-electron chi connectivity index (χ1n) is 8.18. The van der Waals surface area contributed by atoms with Crippen LogP contribution in [0, 0.1) is 0 Å². The van der Waals surface area contributed by atoms with E-state index in [9.17, 15) is 9.59 Å². The van der Waals surface area contributed by atoms with Crippen LogP contribution in [0.25, 0.3) is 0 Å². The Morgan fingerprint density at radius 3 is 1.36 bits per heavy atom. The monoisotopic (exact) mass is 312 g/mol. The van der Waals surface area contributed by atoms with E-state index >= 15 is 0 Å². The Morgan fingerprint density at radius 1 is 0.773 bits per heavy atom. The van der Waals surface area contributed by atoms with Gasteiger partial charge in [0.05, 0.1) is 0 Å². The fourth-order valence-electron chi connectivity index (χ4n) is 1.53. The summed E-state index contributed by atoms with van der Waals surface area (Å²) in [5.41, 5.74) is -1.95. The summed E-state index contributed by atoms with van der Waals surface area (Å²) >= 11 is 0. The standard InChI is InChI=1S/C16H32N4O2/c1-7-9-11-17-13(21)15(3,4)19-20-16(5,6)14(22)18-12-10-8-2/h7-12H2,1-6H3,(H,17,21)(H,18,22). The number of carbonyl (C=O) groups is 2. The number of carbonyl (C=O) groups excluding carboxylic acids is 2. The first kappa shape index (κ1) is 20.5. The number of azo groups is 1. The van der Waals surface area contributed by atoms with E-state index in [4.69, 9.17) is 0 Å². The fourth-order valence-corrected chi connectivity index (χ4v) is 1.53. The molecule has 0 atom stereocenters. The third-order valence-electron chi connectivity index (χ3n) is 3.29. The Balaban J connectivity index is 4.62. The quantitative estimate of drug-likeness (QED) is 0.480. The molecule has 2 amide bonds. The average Bonchev–Trinajstić information content (AvgIpc) is 2.45. The topological polar surface area (TPSA) is 82.9 Å². The smallest absolute Gasteiger partial charge is 0.249 e. The van der Waals surface area contributed by atoms with E-state index in [1.54, 1.807) is 27.7 Å². The molecule has 0 heterocycles. The SMILES string of the molecule is CCCCNC(=O)C(C)(C)N=NC(C)(C)C(=O)NCCCC. The van der Waals surface area contributed by atoms with Gasteiger partial charge >= 0.3 is 0 Å². The molecule has 6 nitrogen and oxygen atoms in total. The summed E-state index contributed by atoms with van der Waals surface area (Å²) in [7, 11) is 0. The number of hydrogen-bond donors (Lipinski definition) is 2. The average molecular weight is 312 g/mol. The van der Waals surface area contributed by atoms with E-state index in [0.717, 1.165) is 25.7 Å². The summed E-state index contributed by atoms with van der Waals surface area (Å²) in [6, 6.07) is 0. The summed E-state index contributed by atoms with van der Waals surface area (Å²) in [5.74, 6) is -0.348. The van der Waals surface area contributed by atoms with Crippen LogP contribution in [0.2, 0.25) is 0 Å². The minimum Gasteiger partial charge on any atom is -0.354 e. The molecular formula is C16H32N4O2. The van der Waals surface area contributed by atoms with Gasteiger partial charge in [-0.25, -0.2) is 0 Å². The molecular weight excluding hydrogens is 280 g/mol. The van der Waals surface area contributed by atoms with Gasteiger partial charge in [0.2, 0.25) is 11.8 Å². The van der Waals surface area contributed by atoms with Gasteiger partial charge in [-0.3, -0.25) is 9.59 Å². The number of hydrogen-bond acceptors (Lipinski definition) is 4. The van der Waals surface area contributed by atoms with Gasteiger partial charge in [0.1, 0.15) is 0 Å². The van der Waals surface area contributed by atoms with Gasteiger partial charge in [-0.15, -0.1) is 0 Å². The summed E-state index contributed by atoms with van der Waals surface area (Å²) < 4.78 is 0. The molecule has 0 aromatic heterocycles. The third-order valence-corrected chi connectivity index (χ3v) is 3.29. The molecule has 0 aliphatic rings. The highest BCUT2D eigenvalue weighted by Crippen LogP contribution is 2.16. The maximum Gasteiger partial charge on any atom is 0.249 e. The molecule has 0 aliphatic heterocycles. The second-order valence-electron chi connectivity index (χ2n) is 6.54. The lowest BCUT2D eigenvalue weighted by atomic mass is 10.0. The molecule has 0 aromatic carbocycles. The van der Waals surface area contributed by atoms with E-state index < -0.39 is 11.1 Å². The van der Waals surface area contributed by atoms with Crippen molar-refractivity contribution in [3.05, 3.63) is 0 Å². The molecule has 0 fully saturated rings. The third kappa shape index (κ3) is 7.52. The Labute approximate surface area is 134 Å². The second kappa shape index (κ2) is 9.54. The van der Waals surface area contributed by atoms with Crippen molar-refractivity contribution < 1.29 is 9.59 Å². The summed E-state index contributed by atoms with van der Waals surface area (Å²) in [4.78, 5) is 24.1. The maximum atomic E-state index is 12.1. The van der Waals surface area contributed by atoms with Crippen molar-refractivity contribution in [3.8, 4) is 0 Å². The molecule has 2 N–H and O–H groups in total. The molecule has 0 unspecified atom stereocenters. The summed E-state index contributed by atoms with van der Waals surface area (Å²) in [6.07, 6.45) is 3.91. The predicted molar refractivity (Wildman–Crippen MR) is 88.8 cm³/mol. The molecule has 0 aromatic rings. The Hall–Kier alpha value is -1.46. The predicted octanol–water partition coefficient (Wildman–Crippen LogP) is 2.83. The van der Waals surface area contributed by atoms with Gasteiger partial charge in [-0.1, -0.05) is 26.7 Å². The van der Waals surface area contributed by atoms with Crippen molar-refractivity contribution in [2.24, 2.45) is 10.2 Å². The van der Waals surface area contributed by atoms with Crippen molar-refractivity contribution in [3.63, 3.8) is 0 Å². The molecule has 22 heavy (non-hydrogen) atoms. The van der Waals surface area contributed by atoms with Crippen LogP contribution in [0.1, 0.15) is 67.2 Å². The molecule has 0 bridgehead atoms. The van der Waals surface area contributed by atoms with Crippen LogP contribution >= 0.6 is 0 Å². The van der Waals surface area contributed by atoms with Crippen molar-refractivity contribution in [2.45, 2.75) is 78.3 Å². The van der Waals surface area contributed by atoms with Gasteiger partial charge < -0.3 is 10.6 Å². The first-order valence-corrected chi connectivity index (χ1v) is 8.18. The van der Waals surface area contributed by atoms with Crippen LogP contribution in [0.15, 0.2) is 10.2 Å².